The second-order valence-corrected chi connectivity index (χ2v) is 5.19. The number of halogens is 4. The lowest BCUT2D eigenvalue weighted by molar-refractivity contribution is -0.136. The first kappa shape index (κ1) is 15.5. The molecule has 0 aliphatic carbocycles. The van der Waals surface area contributed by atoms with Crippen molar-refractivity contribution in [1.29, 1.82) is 0 Å². The van der Waals surface area contributed by atoms with Crippen LogP contribution in [0.3, 0.4) is 0 Å². The molecule has 0 radical (unpaired) electrons. The highest BCUT2D eigenvalue weighted by molar-refractivity contribution is 6.30. The molecule has 112 valence electrons. The van der Waals surface area contributed by atoms with Crippen LogP contribution in [0.5, 0.6) is 0 Å². The molecule has 2 rings (SSSR count). The monoisotopic (exact) mass is 314 g/mol. The highest BCUT2D eigenvalue weighted by Crippen LogP contribution is 2.36. The molecule has 2 aromatic carbocycles. The van der Waals surface area contributed by atoms with E-state index in [-0.39, 0.29) is 5.69 Å². The van der Waals surface area contributed by atoms with Crippen LogP contribution in [-0.2, 0) is 12.7 Å². The lowest BCUT2D eigenvalue weighted by atomic mass is 10.1. The molecule has 0 saturated carbocycles. The molecule has 0 heterocycles. The molecule has 0 atom stereocenters. The van der Waals surface area contributed by atoms with Crippen LogP contribution in [0.1, 0.15) is 11.1 Å². The summed E-state index contributed by atoms with van der Waals surface area (Å²) in [5.74, 6) is 0. The van der Waals surface area contributed by atoms with Crippen LogP contribution in [0, 0.1) is 0 Å². The molecular formula is C15H14ClF3N2. The fraction of sp³-hybridized carbons (Fsp3) is 0.200. The van der Waals surface area contributed by atoms with E-state index in [0.29, 0.717) is 17.3 Å². The van der Waals surface area contributed by atoms with Gasteiger partial charge < -0.3 is 10.6 Å². The van der Waals surface area contributed by atoms with Crippen molar-refractivity contribution in [2.45, 2.75) is 12.7 Å². The summed E-state index contributed by atoms with van der Waals surface area (Å²) in [6.45, 7) is 0.446. The van der Waals surface area contributed by atoms with Crippen molar-refractivity contribution in [2.24, 2.45) is 0 Å². The molecule has 0 aromatic heterocycles. The Bertz CT molecular complexity index is 641. The molecular weight excluding hydrogens is 301 g/mol. The maximum atomic E-state index is 12.9. The molecule has 2 aromatic rings. The number of benzene rings is 2. The van der Waals surface area contributed by atoms with Gasteiger partial charge in [0, 0.05) is 30.0 Å². The third-order valence-electron chi connectivity index (χ3n) is 3.09. The normalized spacial score (nSPS) is 11.5. The van der Waals surface area contributed by atoms with E-state index in [1.165, 1.54) is 6.07 Å². The molecule has 0 saturated heterocycles. The number of hydrogen-bond acceptors (Lipinski definition) is 2. The standard InChI is InChI=1S/C15H14ClF3N2/c1-21(9-10-3-2-4-11(16)7-10)12-5-6-14(20)13(8-12)15(17,18)19/h2-8H,9,20H2,1H3. The van der Waals surface area contributed by atoms with E-state index in [0.717, 1.165) is 11.6 Å². The summed E-state index contributed by atoms with van der Waals surface area (Å²) in [5.41, 5.74) is 5.65. The van der Waals surface area contributed by atoms with Gasteiger partial charge in [0.15, 0.2) is 0 Å². The Labute approximate surface area is 125 Å². The number of nitrogen functional groups attached to an aromatic ring is 1. The van der Waals surface area contributed by atoms with E-state index in [1.807, 2.05) is 6.07 Å². The molecule has 0 bridgehead atoms. The average Bonchev–Trinajstić information content (AvgIpc) is 2.37. The second kappa shape index (κ2) is 5.85. The van der Waals surface area contributed by atoms with Crippen LogP contribution < -0.4 is 10.6 Å². The summed E-state index contributed by atoms with van der Waals surface area (Å²) in [5, 5.41) is 0.592. The van der Waals surface area contributed by atoms with Crippen molar-refractivity contribution < 1.29 is 13.2 Å². The minimum atomic E-state index is -4.46. The molecule has 0 unspecified atom stereocenters. The van der Waals surface area contributed by atoms with Gasteiger partial charge in [-0.15, -0.1) is 0 Å². The van der Waals surface area contributed by atoms with E-state index in [1.54, 1.807) is 36.2 Å². The molecule has 0 amide bonds. The van der Waals surface area contributed by atoms with Gasteiger partial charge >= 0.3 is 6.18 Å². The molecule has 6 heteroatoms. The Morgan fingerprint density at radius 3 is 2.48 bits per heavy atom. The average molecular weight is 315 g/mol. The van der Waals surface area contributed by atoms with Crippen LogP contribution in [0.2, 0.25) is 5.02 Å². The Morgan fingerprint density at radius 2 is 1.86 bits per heavy atom. The quantitative estimate of drug-likeness (QED) is 0.840. The van der Waals surface area contributed by atoms with Crippen molar-refractivity contribution >= 4 is 23.0 Å². The number of anilines is 2. The number of nitrogens with two attached hydrogens (primary N) is 1. The fourth-order valence-corrected chi connectivity index (χ4v) is 2.24. The first-order chi connectivity index (χ1) is 9.77. The Balaban J connectivity index is 2.25. The Hall–Kier alpha value is -1.88. The molecule has 0 fully saturated rings. The Kier molecular flexibility index (Phi) is 4.32. The van der Waals surface area contributed by atoms with Crippen LogP contribution in [0.25, 0.3) is 0 Å². The van der Waals surface area contributed by atoms with Crippen LogP contribution in [0.15, 0.2) is 42.5 Å². The molecule has 2 nitrogen and oxygen atoms in total. The van der Waals surface area contributed by atoms with E-state index in [9.17, 15) is 13.2 Å². The zero-order chi connectivity index (χ0) is 15.6. The van der Waals surface area contributed by atoms with Gasteiger partial charge in [-0.05, 0) is 35.9 Å². The van der Waals surface area contributed by atoms with E-state index < -0.39 is 11.7 Å². The summed E-state index contributed by atoms with van der Waals surface area (Å²) in [7, 11) is 1.71. The van der Waals surface area contributed by atoms with Crippen molar-refractivity contribution in [1.82, 2.24) is 0 Å². The topological polar surface area (TPSA) is 29.3 Å². The predicted octanol–water partition coefficient (Wildman–Crippen LogP) is 4.58. The van der Waals surface area contributed by atoms with Crippen molar-refractivity contribution in [3.8, 4) is 0 Å². The van der Waals surface area contributed by atoms with Gasteiger partial charge in [0.25, 0.3) is 0 Å². The van der Waals surface area contributed by atoms with E-state index >= 15 is 0 Å². The molecule has 21 heavy (non-hydrogen) atoms. The second-order valence-electron chi connectivity index (χ2n) is 4.76. The third-order valence-corrected chi connectivity index (χ3v) is 3.33. The summed E-state index contributed by atoms with van der Waals surface area (Å²) >= 11 is 5.90. The van der Waals surface area contributed by atoms with Gasteiger partial charge in [-0.3, -0.25) is 0 Å². The smallest absolute Gasteiger partial charge is 0.398 e. The molecule has 2 N–H and O–H groups in total. The summed E-state index contributed by atoms with van der Waals surface area (Å²) in [4.78, 5) is 1.71. The SMILES string of the molecule is CN(Cc1cccc(Cl)c1)c1ccc(N)c(C(F)(F)F)c1. The van der Waals surface area contributed by atoms with Crippen LogP contribution in [-0.4, -0.2) is 7.05 Å². The molecule has 0 aliphatic heterocycles. The van der Waals surface area contributed by atoms with Gasteiger partial charge in [-0.2, -0.15) is 13.2 Å². The Morgan fingerprint density at radius 1 is 1.14 bits per heavy atom. The third kappa shape index (κ3) is 3.82. The number of rotatable bonds is 3. The van der Waals surface area contributed by atoms with Gasteiger partial charge in [-0.25, -0.2) is 0 Å². The zero-order valence-electron chi connectivity index (χ0n) is 11.3. The highest BCUT2D eigenvalue weighted by Gasteiger charge is 2.33. The van der Waals surface area contributed by atoms with Crippen LogP contribution >= 0.6 is 11.6 Å². The summed E-state index contributed by atoms with van der Waals surface area (Å²) in [6, 6.07) is 11.1. The fourth-order valence-electron chi connectivity index (χ4n) is 2.03. The minimum Gasteiger partial charge on any atom is -0.398 e. The van der Waals surface area contributed by atoms with Gasteiger partial charge in [0.05, 0.1) is 5.56 Å². The number of alkyl halides is 3. The van der Waals surface area contributed by atoms with Crippen molar-refractivity contribution in [3.63, 3.8) is 0 Å². The van der Waals surface area contributed by atoms with Gasteiger partial charge in [0.1, 0.15) is 0 Å². The lowest BCUT2D eigenvalue weighted by Gasteiger charge is -2.21. The van der Waals surface area contributed by atoms with E-state index in [4.69, 9.17) is 17.3 Å². The molecule has 0 aliphatic rings. The number of nitrogens with zero attached hydrogens (tertiary/aromatic N) is 1. The van der Waals surface area contributed by atoms with E-state index in [2.05, 4.69) is 0 Å². The lowest BCUT2D eigenvalue weighted by Crippen LogP contribution is -2.18. The molecule has 0 spiro atoms. The highest BCUT2D eigenvalue weighted by atomic mass is 35.5. The first-order valence-electron chi connectivity index (χ1n) is 6.19. The first-order valence-corrected chi connectivity index (χ1v) is 6.57. The summed E-state index contributed by atoms with van der Waals surface area (Å²) in [6.07, 6.45) is -4.46. The predicted molar refractivity (Wildman–Crippen MR) is 79.4 cm³/mol. The largest absolute Gasteiger partial charge is 0.418 e. The maximum absolute atomic E-state index is 12.9. The van der Waals surface area contributed by atoms with Crippen molar-refractivity contribution in [2.75, 3.05) is 17.7 Å². The summed E-state index contributed by atoms with van der Waals surface area (Å²) < 4.78 is 38.6. The maximum Gasteiger partial charge on any atom is 0.418 e. The minimum absolute atomic E-state index is 0.276. The number of hydrogen-bond donors (Lipinski definition) is 1. The van der Waals surface area contributed by atoms with Gasteiger partial charge in [0.2, 0.25) is 0 Å². The van der Waals surface area contributed by atoms with Gasteiger partial charge in [-0.1, -0.05) is 23.7 Å². The van der Waals surface area contributed by atoms with Crippen molar-refractivity contribution in [3.05, 3.63) is 58.6 Å². The zero-order valence-corrected chi connectivity index (χ0v) is 12.0. The van der Waals surface area contributed by atoms with Crippen LogP contribution in [0.4, 0.5) is 24.5 Å².